The number of ether oxygens (including phenoxy) is 2. The Labute approximate surface area is 119 Å². The van der Waals surface area contributed by atoms with Crippen LogP contribution in [0.2, 0.25) is 0 Å². The molecule has 0 fully saturated rings. The molecule has 0 aliphatic rings. The van der Waals surface area contributed by atoms with Gasteiger partial charge in [-0.05, 0) is 23.8 Å². The molecule has 1 unspecified atom stereocenters. The molecule has 0 amide bonds. The fourth-order valence-electron chi connectivity index (χ4n) is 2.20. The number of rotatable bonds is 6. The predicted molar refractivity (Wildman–Crippen MR) is 80.4 cm³/mol. The van der Waals surface area contributed by atoms with E-state index >= 15 is 0 Å². The minimum Gasteiger partial charge on any atom is -0.491 e. The van der Waals surface area contributed by atoms with E-state index in [-0.39, 0.29) is 6.10 Å². The topological polar surface area (TPSA) is 58.9 Å². The molecule has 0 aliphatic heterocycles. The fourth-order valence-corrected chi connectivity index (χ4v) is 2.20. The van der Waals surface area contributed by atoms with Gasteiger partial charge >= 0.3 is 7.12 Å². The summed E-state index contributed by atoms with van der Waals surface area (Å²) in [5.41, 5.74) is 0.410. The Bertz CT molecular complexity index is 571. The SMILES string of the molecule is COCCC(C)Oc1ccc2ccccc2c1B(O)O. The molecule has 4 nitrogen and oxygen atoms in total. The van der Waals surface area contributed by atoms with Crippen LogP contribution in [0.1, 0.15) is 13.3 Å². The molecular formula is C15H19BO4. The number of methoxy groups -OCH3 is 1. The first-order chi connectivity index (χ1) is 9.63. The van der Waals surface area contributed by atoms with E-state index in [0.29, 0.717) is 17.8 Å². The molecule has 0 aliphatic carbocycles. The maximum absolute atomic E-state index is 9.64. The first-order valence-electron chi connectivity index (χ1n) is 6.67. The molecule has 106 valence electrons. The highest BCUT2D eigenvalue weighted by Crippen LogP contribution is 2.20. The van der Waals surface area contributed by atoms with Crippen molar-refractivity contribution in [2.45, 2.75) is 19.4 Å². The van der Waals surface area contributed by atoms with Gasteiger partial charge in [-0.3, -0.25) is 0 Å². The maximum atomic E-state index is 9.64. The van der Waals surface area contributed by atoms with Gasteiger partial charge < -0.3 is 19.5 Å². The minimum atomic E-state index is -1.56. The Morgan fingerprint density at radius 1 is 1.15 bits per heavy atom. The van der Waals surface area contributed by atoms with E-state index in [4.69, 9.17) is 9.47 Å². The average molecular weight is 274 g/mol. The lowest BCUT2D eigenvalue weighted by atomic mass is 9.76. The van der Waals surface area contributed by atoms with Crippen molar-refractivity contribution >= 4 is 23.4 Å². The van der Waals surface area contributed by atoms with Gasteiger partial charge in [0.2, 0.25) is 0 Å². The van der Waals surface area contributed by atoms with Gasteiger partial charge in [0.05, 0.1) is 6.10 Å². The van der Waals surface area contributed by atoms with Gasteiger partial charge in [0.25, 0.3) is 0 Å². The Morgan fingerprint density at radius 2 is 1.90 bits per heavy atom. The third kappa shape index (κ3) is 3.31. The average Bonchev–Trinajstić information content (AvgIpc) is 2.44. The van der Waals surface area contributed by atoms with Crippen molar-refractivity contribution in [1.29, 1.82) is 0 Å². The van der Waals surface area contributed by atoms with Crippen LogP contribution in [0.5, 0.6) is 5.75 Å². The molecule has 2 aromatic carbocycles. The molecule has 2 aromatic rings. The lowest BCUT2D eigenvalue weighted by Crippen LogP contribution is -2.33. The molecule has 20 heavy (non-hydrogen) atoms. The zero-order valence-electron chi connectivity index (χ0n) is 11.7. The molecule has 0 aromatic heterocycles. The molecule has 0 saturated carbocycles. The van der Waals surface area contributed by atoms with Gasteiger partial charge in [-0.25, -0.2) is 0 Å². The summed E-state index contributed by atoms with van der Waals surface area (Å²) in [7, 11) is 0.0804. The molecule has 0 spiro atoms. The third-order valence-electron chi connectivity index (χ3n) is 3.25. The van der Waals surface area contributed by atoms with Crippen molar-refractivity contribution in [3.8, 4) is 5.75 Å². The summed E-state index contributed by atoms with van der Waals surface area (Å²) < 4.78 is 10.8. The molecular weight excluding hydrogens is 255 g/mol. The molecule has 0 saturated heterocycles. The number of benzene rings is 2. The smallest absolute Gasteiger partial charge is 0.491 e. The van der Waals surface area contributed by atoms with E-state index in [1.807, 2.05) is 37.3 Å². The van der Waals surface area contributed by atoms with E-state index in [1.54, 1.807) is 13.2 Å². The van der Waals surface area contributed by atoms with Crippen LogP contribution in [0.25, 0.3) is 10.8 Å². The van der Waals surface area contributed by atoms with Crippen LogP contribution in [0.3, 0.4) is 0 Å². The summed E-state index contributed by atoms with van der Waals surface area (Å²) in [6, 6.07) is 11.3. The third-order valence-corrected chi connectivity index (χ3v) is 3.25. The monoisotopic (exact) mass is 274 g/mol. The summed E-state index contributed by atoms with van der Waals surface area (Å²) in [5, 5.41) is 21.0. The van der Waals surface area contributed by atoms with Crippen molar-refractivity contribution < 1.29 is 19.5 Å². The van der Waals surface area contributed by atoms with Crippen molar-refractivity contribution in [1.82, 2.24) is 0 Å². The predicted octanol–water partition coefficient (Wildman–Crippen LogP) is 1.32. The van der Waals surface area contributed by atoms with Crippen LogP contribution < -0.4 is 10.2 Å². The van der Waals surface area contributed by atoms with E-state index < -0.39 is 7.12 Å². The fraction of sp³-hybridized carbons (Fsp3) is 0.333. The zero-order valence-corrected chi connectivity index (χ0v) is 11.7. The van der Waals surface area contributed by atoms with Gasteiger partial charge in [-0.15, -0.1) is 0 Å². The second kappa shape index (κ2) is 6.75. The Kier molecular flexibility index (Phi) is 5.01. The molecule has 0 heterocycles. The molecule has 0 radical (unpaired) electrons. The summed E-state index contributed by atoms with van der Waals surface area (Å²) in [4.78, 5) is 0. The molecule has 5 heteroatoms. The molecule has 2 rings (SSSR count). The van der Waals surface area contributed by atoms with Gasteiger partial charge in [0, 0.05) is 25.6 Å². The highest BCUT2D eigenvalue weighted by Gasteiger charge is 2.21. The van der Waals surface area contributed by atoms with E-state index in [0.717, 1.165) is 17.2 Å². The quantitative estimate of drug-likeness (QED) is 0.780. The van der Waals surface area contributed by atoms with Crippen molar-refractivity contribution in [3.63, 3.8) is 0 Å². The first kappa shape index (κ1) is 14.8. The van der Waals surface area contributed by atoms with Crippen LogP contribution in [0, 0.1) is 0 Å². The number of hydrogen-bond acceptors (Lipinski definition) is 4. The Balaban J connectivity index is 2.35. The molecule has 2 N–H and O–H groups in total. The maximum Gasteiger partial charge on any atom is 0.492 e. The summed E-state index contributed by atoms with van der Waals surface area (Å²) in [6.07, 6.45) is 0.679. The first-order valence-corrected chi connectivity index (χ1v) is 6.67. The molecule has 0 bridgehead atoms. The Hall–Kier alpha value is -1.56. The summed E-state index contributed by atoms with van der Waals surface area (Å²) in [5.74, 6) is 0.502. The van der Waals surface area contributed by atoms with Crippen molar-refractivity contribution in [2.75, 3.05) is 13.7 Å². The van der Waals surface area contributed by atoms with Crippen molar-refractivity contribution in [2.24, 2.45) is 0 Å². The number of fused-ring (bicyclic) bond motifs is 1. The van der Waals surface area contributed by atoms with E-state index in [9.17, 15) is 10.0 Å². The normalized spacial score (nSPS) is 12.4. The van der Waals surface area contributed by atoms with Crippen molar-refractivity contribution in [3.05, 3.63) is 36.4 Å². The van der Waals surface area contributed by atoms with Crippen LogP contribution >= 0.6 is 0 Å². The highest BCUT2D eigenvalue weighted by molar-refractivity contribution is 6.63. The molecule has 1 atom stereocenters. The lowest BCUT2D eigenvalue weighted by molar-refractivity contribution is 0.136. The van der Waals surface area contributed by atoms with Crippen LogP contribution in [-0.4, -0.2) is 37.0 Å². The zero-order chi connectivity index (χ0) is 14.5. The van der Waals surface area contributed by atoms with Crippen LogP contribution in [0.4, 0.5) is 0 Å². The van der Waals surface area contributed by atoms with Crippen LogP contribution in [0.15, 0.2) is 36.4 Å². The number of hydrogen-bond donors (Lipinski definition) is 2. The van der Waals surface area contributed by atoms with Gasteiger partial charge in [-0.2, -0.15) is 0 Å². The minimum absolute atomic E-state index is 0.0615. The largest absolute Gasteiger partial charge is 0.492 e. The van der Waals surface area contributed by atoms with Gasteiger partial charge in [0.15, 0.2) is 0 Å². The van der Waals surface area contributed by atoms with E-state index in [1.165, 1.54) is 0 Å². The second-order valence-corrected chi connectivity index (χ2v) is 4.78. The summed E-state index contributed by atoms with van der Waals surface area (Å²) in [6.45, 7) is 2.54. The standard InChI is InChI=1S/C15H19BO4/c1-11(9-10-19-2)20-14-8-7-12-5-3-4-6-13(12)15(14)16(17)18/h3-8,11,17-18H,9-10H2,1-2H3. The lowest BCUT2D eigenvalue weighted by Gasteiger charge is -2.18. The summed E-state index contributed by atoms with van der Waals surface area (Å²) >= 11 is 0. The Morgan fingerprint density at radius 3 is 2.60 bits per heavy atom. The van der Waals surface area contributed by atoms with Gasteiger partial charge in [0.1, 0.15) is 5.75 Å². The van der Waals surface area contributed by atoms with Gasteiger partial charge in [-0.1, -0.05) is 30.3 Å². The second-order valence-electron chi connectivity index (χ2n) is 4.78. The highest BCUT2D eigenvalue weighted by atomic mass is 16.5. The van der Waals surface area contributed by atoms with E-state index in [2.05, 4.69) is 0 Å². The van der Waals surface area contributed by atoms with Crippen LogP contribution in [-0.2, 0) is 4.74 Å².